The van der Waals surface area contributed by atoms with Crippen LogP contribution in [0.1, 0.15) is 15.9 Å². The number of rotatable bonds is 8. The minimum absolute atomic E-state index is 0.261. The van der Waals surface area contributed by atoms with Crippen LogP contribution in [-0.2, 0) is 11.2 Å². The lowest BCUT2D eigenvalue weighted by molar-refractivity contribution is -0.120. The molecule has 6 nitrogen and oxygen atoms in total. The van der Waals surface area contributed by atoms with Gasteiger partial charge in [-0.2, -0.15) is 0 Å². The first kappa shape index (κ1) is 23.2. The summed E-state index contributed by atoms with van der Waals surface area (Å²) < 4.78 is 10.6. The standard InChI is InChI=1S/C25H25ClN2O4/c1-28(20-13-14-22(31-2)23(16-20)32-3)25(30)21(15-17-7-5-4-6-8-17)27-24(29)18-9-11-19(26)12-10-18/h4-14,16,21H,15H2,1-3H3,(H,27,29). The highest BCUT2D eigenvalue weighted by Gasteiger charge is 2.26. The maximum absolute atomic E-state index is 13.4. The molecule has 0 aliphatic carbocycles. The van der Waals surface area contributed by atoms with Crippen molar-refractivity contribution in [1.29, 1.82) is 0 Å². The highest BCUT2D eigenvalue weighted by atomic mass is 35.5. The van der Waals surface area contributed by atoms with Crippen LogP contribution < -0.4 is 19.7 Å². The Morgan fingerprint density at radius 2 is 1.59 bits per heavy atom. The maximum atomic E-state index is 13.4. The number of methoxy groups -OCH3 is 2. The average Bonchev–Trinajstić information content (AvgIpc) is 2.83. The summed E-state index contributed by atoms with van der Waals surface area (Å²) in [7, 11) is 4.75. The SMILES string of the molecule is COc1ccc(N(C)C(=O)C(Cc2ccccc2)NC(=O)c2ccc(Cl)cc2)cc1OC. The van der Waals surface area contributed by atoms with Crippen LogP contribution in [0, 0.1) is 0 Å². The fourth-order valence-corrected chi connectivity index (χ4v) is 3.41. The predicted octanol–water partition coefficient (Wildman–Crippen LogP) is 4.36. The molecule has 0 saturated carbocycles. The van der Waals surface area contributed by atoms with E-state index in [2.05, 4.69) is 5.32 Å². The highest BCUT2D eigenvalue weighted by molar-refractivity contribution is 6.30. The number of ether oxygens (including phenoxy) is 2. The van der Waals surface area contributed by atoms with Crippen LogP contribution in [0.4, 0.5) is 5.69 Å². The monoisotopic (exact) mass is 452 g/mol. The number of benzene rings is 3. The van der Waals surface area contributed by atoms with Crippen LogP contribution in [0.3, 0.4) is 0 Å². The Morgan fingerprint density at radius 1 is 0.938 bits per heavy atom. The summed E-state index contributed by atoms with van der Waals surface area (Å²) in [6.07, 6.45) is 0.344. The molecular weight excluding hydrogens is 428 g/mol. The van der Waals surface area contributed by atoms with E-state index in [1.54, 1.807) is 56.6 Å². The average molecular weight is 453 g/mol. The zero-order valence-corrected chi connectivity index (χ0v) is 18.9. The normalized spacial score (nSPS) is 11.4. The van der Waals surface area contributed by atoms with Crippen molar-refractivity contribution in [3.8, 4) is 11.5 Å². The van der Waals surface area contributed by atoms with Crippen LogP contribution >= 0.6 is 11.6 Å². The zero-order valence-electron chi connectivity index (χ0n) is 18.2. The van der Waals surface area contributed by atoms with E-state index in [4.69, 9.17) is 21.1 Å². The lowest BCUT2D eigenvalue weighted by atomic mass is 10.0. The summed E-state index contributed by atoms with van der Waals surface area (Å²) in [6, 6.07) is 20.5. The Balaban J connectivity index is 1.86. The van der Waals surface area contributed by atoms with E-state index in [-0.39, 0.29) is 11.8 Å². The summed E-state index contributed by atoms with van der Waals surface area (Å²) in [4.78, 5) is 27.8. The highest BCUT2D eigenvalue weighted by Crippen LogP contribution is 2.31. The number of amides is 2. The first-order valence-electron chi connectivity index (χ1n) is 10.0. The summed E-state index contributed by atoms with van der Waals surface area (Å²) in [5, 5.41) is 3.41. The molecule has 2 amide bonds. The van der Waals surface area contributed by atoms with Crippen LogP contribution in [0.25, 0.3) is 0 Å². The van der Waals surface area contributed by atoms with Gasteiger partial charge in [-0.25, -0.2) is 0 Å². The molecular formula is C25H25ClN2O4. The number of carbonyl (C=O) groups is 2. The largest absolute Gasteiger partial charge is 0.493 e. The molecule has 0 fully saturated rings. The van der Waals surface area contributed by atoms with Gasteiger partial charge in [0.1, 0.15) is 6.04 Å². The van der Waals surface area contributed by atoms with Gasteiger partial charge in [-0.05, 0) is 42.0 Å². The van der Waals surface area contributed by atoms with Gasteiger partial charge in [0, 0.05) is 35.8 Å². The number of nitrogens with zero attached hydrogens (tertiary/aromatic N) is 1. The number of halogens is 1. The number of hydrogen-bond acceptors (Lipinski definition) is 4. The van der Waals surface area contributed by atoms with Crippen molar-refractivity contribution in [3.63, 3.8) is 0 Å². The molecule has 3 aromatic rings. The third-order valence-electron chi connectivity index (χ3n) is 5.08. The number of carbonyl (C=O) groups excluding carboxylic acids is 2. The van der Waals surface area contributed by atoms with E-state index in [9.17, 15) is 9.59 Å². The predicted molar refractivity (Wildman–Crippen MR) is 126 cm³/mol. The van der Waals surface area contributed by atoms with Crippen molar-refractivity contribution in [2.24, 2.45) is 0 Å². The molecule has 1 N–H and O–H groups in total. The van der Waals surface area contributed by atoms with Gasteiger partial charge in [0.2, 0.25) is 5.91 Å². The zero-order chi connectivity index (χ0) is 23.1. The number of hydrogen-bond donors (Lipinski definition) is 1. The Morgan fingerprint density at radius 3 is 2.22 bits per heavy atom. The van der Waals surface area contributed by atoms with Crippen molar-refractivity contribution in [1.82, 2.24) is 5.32 Å². The minimum Gasteiger partial charge on any atom is -0.493 e. The van der Waals surface area contributed by atoms with Gasteiger partial charge in [-0.1, -0.05) is 41.9 Å². The van der Waals surface area contributed by atoms with E-state index >= 15 is 0 Å². The Hall–Kier alpha value is -3.51. The van der Waals surface area contributed by atoms with Crippen molar-refractivity contribution in [3.05, 3.63) is 88.9 Å². The molecule has 0 aliphatic heterocycles. The second-order valence-corrected chi connectivity index (χ2v) is 7.60. The van der Waals surface area contributed by atoms with Crippen molar-refractivity contribution in [2.45, 2.75) is 12.5 Å². The van der Waals surface area contributed by atoms with Crippen LogP contribution in [-0.4, -0.2) is 39.1 Å². The number of anilines is 1. The van der Waals surface area contributed by atoms with Crippen LogP contribution in [0.5, 0.6) is 11.5 Å². The fraction of sp³-hybridized carbons (Fsp3) is 0.200. The van der Waals surface area contributed by atoms with Gasteiger partial charge in [0.15, 0.2) is 11.5 Å². The topological polar surface area (TPSA) is 67.9 Å². The summed E-state index contributed by atoms with van der Waals surface area (Å²) in [6.45, 7) is 0. The Bertz CT molecular complexity index is 1070. The molecule has 7 heteroatoms. The molecule has 32 heavy (non-hydrogen) atoms. The first-order valence-corrected chi connectivity index (χ1v) is 10.4. The van der Waals surface area contributed by atoms with Gasteiger partial charge < -0.3 is 19.7 Å². The Labute approximate surface area is 192 Å². The lowest BCUT2D eigenvalue weighted by Crippen LogP contribution is -2.48. The molecule has 0 saturated heterocycles. The van der Waals surface area contributed by atoms with E-state index in [0.29, 0.717) is 34.2 Å². The molecule has 0 aliphatic rings. The third-order valence-corrected chi connectivity index (χ3v) is 5.33. The molecule has 0 radical (unpaired) electrons. The van der Waals surface area contributed by atoms with Crippen molar-refractivity contribution < 1.29 is 19.1 Å². The molecule has 166 valence electrons. The van der Waals surface area contributed by atoms with Gasteiger partial charge in [-0.15, -0.1) is 0 Å². The number of likely N-dealkylation sites (N-methyl/N-ethyl adjacent to an activating group) is 1. The molecule has 0 aromatic heterocycles. The fourth-order valence-electron chi connectivity index (χ4n) is 3.29. The quantitative estimate of drug-likeness (QED) is 0.551. The van der Waals surface area contributed by atoms with Gasteiger partial charge in [-0.3, -0.25) is 9.59 Å². The summed E-state index contributed by atoms with van der Waals surface area (Å²) >= 11 is 5.92. The lowest BCUT2D eigenvalue weighted by Gasteiger charge is -2.25. The third kappa shape index (κ3) is 5.59. The smallest absolute Gasteiger partial charge is 0.251 e. The molecule has 0 heterocycles. The number of nitrogens with one attached hydrogen (secondary N) is 1. The second kappa shape index (κ2) is 10.7. The van der Waals surface area contributed by atoms with Crippen molar-refractivity contribution >= 4 is 29.1 Å². The Kier molecular flexibility index (Phi) is 7.73. The first-order chi connectivity index (χ1) is 15.4. The van der Waals surface area contributed by atoms with Gasteiger partial charge >= 0.3 is 0 Å². The minimum atomic E-state index is -0.779. The molecule has 1 unspecified atom stereocenters. The van der Waals surface area contributed by atoms with E-state index < -0.39 is 6.04 Å². The van der Waals surface area contributed by atoms with E-state index in [1.807, 2.05) is 30.3 Å². The van der Waals surface area contributed by atoms with Gasteiger partial charge in [0.25, 0.3) is 5.91 Å². The van der Waals surface area contributed by atoms with Crippen LogP contribution in [0.15, 0.2) is 72.8 Å². The maximum Gasteiger partial charge on any atom is 0.251 e. The molecule has 0 spiro atoms. The molecule has 3 aromatic carbocycles. The second-order valence-electron chi connectivity index (χ2n) is 7.16. The molecule has 3 rings (SSSR count). The van der Waals surface area contributed by atoms with Crippen LogP contribution in [0.2, 0.25) is 5.02 Å². The molecule has 1 atom stereocenters. The van der Waals surface area contributed by atoms with Crippen molar-refractivity contribution in [2.75, 3.05) is 26.2 Å². The summed E-state index contributed by atoms with van der Waals surface area (Å²) in [5.41, 5.74) is 1.98. The van der Waals surface area contributed by atoms with E-state index in [0.717, 1.165) is 5.56 Å². The molecule has 0 bridgehead atoms. The van der Waals surface area contributed by atoms with E-state index in [1.165, 1.54) is 12.0 Å². The van der Waals surface area contributed by atoms with Gasteiger partial charge in [0.05, 0.1) is 14.2 Å². The summed E-state index contributed by atoms with van der Waals surface area (Å²) in [5.74, 6) is 0.462.